The van der Waals surface area contributed by atoms with Crippen LogP contribution in [-0.4, -0.2) is 75.4 Å². The monoisotopic (exact) mass is 336 g/mol. The fraction of sp³-hybridized carbons (Fsp3) is 0.722. The number of hydrogen-bond acceptors (Lipinski definition) is 5. The Bertz CT molecular complexity index is 531. The SMILES string of the molecule is CN(C)CCOCC12CCCOC1CCN(C(=O)c1ccoc1)C2. The van der Waals surface area contributed by atoms with Gasteiger partial charge in [0.1, 0.15) is 6.26 Å². The van der Waals surface area contributed by atoms with Crippen molar-refractivity contribution in [2.45, 2.75) is 25.4 Å². The summed E-state index contributed by atoms with van der Waals surface area (Å²) in [6.07, 6.45) is 6.21. The third-order valence-corrected chi connectivity index (χ3v) is 5.12. The second-order valence-electron chi connectivity index (χ2n) is 7.21. The van der Waals surface area contributed by atoms with Gasteiger partial charge < -0.3 is 23.7 Å². The van der Waals surface area contributed by atoms with Gasteiger partial charge in [-0.2, -0.15) is 0 Å². The van der Waals surface area contributed by atoms with Crippen molar-refractivity contribution >= 4 is 5.91 Å². The molecule has 2 saturated heterocycles. The van der Waals surface area contributed by atoms with E-state index >= 15 is 0 Å². The standard InChI is InChI=1S/C18H28N2O4/c1-19(2)8-11-23-14-18-6-3-9-24-16(18)4-7-20(13-18)17(21)15-5-10-22-12-15/h5,10,12,16H,3-4,6-9,11,13-14H2,1-2H3. The Morgan fingerprint density at radius 2 is 2.38 bits per heavy atom. The Labute approximate surface area is 143 Å². The number of carbonyl (C=O) groups is 1. The van der Waals surface area contributed by atoms with Crippen molar-refractivity contribution in [3.63, 3.8) is 0 Å². The molecule has 2 unspecified atom stereocenters. The van der Waals surface area contributed by atoms with Gasteiger partial charge in [0, 0.05) is 31.7 Å². The van der Waals surface area contributed by atoms with Gasteiger partial charge in [0.25, 0.3) is 5.91 Å². The number of likely N-dealkylation sites (N-methyl/N-ethyl adjacent to an activating group) is 1. The molecule has 2 fully saturated rings. The zero-order valence-electron chi connectivity index (χ0n) is 14.7. The predicted octanol–water partition coefficient (Wildman–Crippen LogP) is 1.87. The Hall–Kier alpha value is -1.37. The van der Waals surface area contributed by atoms with E-state index in [0.717, 1.165) is 39.0 Å². The highest BCUT2D eigenvalue weighted by atomic mass is 16.5. The molecule has 6 heteroatoms. The van der Waals surface area contributed by atoms with E-state index in [2.05, 4.69) is 4.90 Å². The number of piperidine rings is 1. The molecule has 1 aromatic heterocycles. The van der Waals surface area contributed by atoms with Crippen molar-refractivity contribution in [1.29, 1.82) is 0 Å². The summed E-state index contributed by atoms with van der Waals surface area (Å²) >= 11 is 0. The summed E-state index contributed by atoms with van der Waals surface area (Å²) < 4.78 is 17.1. The van der Waals surface area contributed by atoms with Crippen LogP contribution in [0.15, 0.2) is 23.0 Å². The number of fused-ring (bicyclic) bond motifs is 1. The van der Waals surface area contributed by atoms with Crippen LogP contribution in [0.1, 0.15) is 29.6 Å². The lowest BCUT2D eigenvalue weighted by atomic mass is 9.73. The second-order valence-corrected chi connectivity index (χ2v) is 7.21. The van der Waals surface area contributed by atoms with E-state index in [-0.39, 0.29) is 17.4 Å². The minimum atomic E-state index is -0.0811. The molecule has 134 valence electrons. The molecule has 0 N–H and O–H groups in total. The first-order chi connectivity index (χ1) is 11.6. The van der Waals surface area contributed by atoms with Gasteiger partial charge in [-0.25, -0.2) is 0 Å². The van der Waals surface area contributed by atoms with Crippen molar-refractivity contribution < 1.29 is 18.7 Å². The summed E-state index contributed by atoms with van der Waals surface area (Å²) in [5.74, 6) is 0.0421. The number of hydrogen-bond donors (Lipinski definition) is 0. The van der Waals surface area contributed by atoms with Gasteiger partial charge in [-0.1, -0.05) is 0 Å². The fourth-order valence-electron chi connectivity index (χ4n) is 3.77. The average molecular weight is 336 g/mol. The highest BCUT2D eigenvalue weighted by Gasteiger charge is 2.47. The van der Waals surface area contributed by atoms with Crippen LogP contribution in [0.2, 0.25) is 0 Å². The third-order valence-electron chi connectivity index (χ3n) is 5.12. The third kappa shape index (κ3) is 3.82. The highest BCUT2D eigenvalue weighted by Crippen LogP contribution is 2.40. The van der Waals surface area contributed by atoms with Crippen LogP contribution >= 0.6 is 0 Å². The molecule has 0 aromatic carbocycles. The van der Waals surface area contributed by atoms with Crippen LogP contribution in [0.5, 0.6) is 0 Å². The maximum atomic E-state index is 12.7. The topological polar surface area (TPSA) is 55.2 Å². The molecule has 0 aliphatic carbocycles. The largest absolute Gasteiger partial charge is 0.472 e. The molecule has 2 atom stereocenters. The van der Waals surface area contributed by atoms with E-state index in [4.69, 9.17) is 13.9 Å². The number of nitrogens with zero attached hydrogens (tertiary/aromatic N) is 2. The van der Waals surface area contributed by atoms with Crippen LogP contribution < -0.4 is 0 Å². The molecular formula is C18H28N2O4. The van der Waals surface area contributed by atoms with Gasteiger partial charge in [0.05, 0.1) is 31.1 Å². The molecule has 2 aliphatic heterocycles. The second kappa shape index (κ2) is 7.68. The Morgan fingerprint density at radius 3 is 3.12 bits per heavy atom. The molecule has 0 saturated carbocycles. The van der Waals surface area contributed by atoms with Gasteiger partial charge in [-0.05, 0) is 39.4 Å². The van der Waals surface area contributed by atoms with Crippen molar-refractivity contribution in [2.24, 2.45) is 5.41 Å². The van der Waals surface area contributed by atoms with Gasteiger partial charge in [-0.15, -0.1) is 0 Å². The fourth-order valence-corrected chi connectivity index (χ4v) is 3.77. The van der Waals surface area contributed by atoms with E-state index in [0.29, 0.717) is 25.3 Å². The maximum Gasteiger partial charge on any atom is 0.257 e. The summed E-state index contributed by atoms with van der Waals surface area (Å²) in [7, 11) is 4.08. The summed E-state index contributed by atoms with van der Waals surface area (Å²) in [6, 6.07) is 1.73. The molecule has 1 amide bonds. The van der Waals surface area contributed by atoms with Gasteiger partial charge in [0.15, 0.2) is 0 Å². The molecule has 1 aromatic rings. The van der Waals surface area contributed by atoms with E-state index in [1.165, 1.54) is 6.26 Å². The van der Waals surface area contributed by atoms with Crippen LogP contribution in [-0.2, 0) is 9.47 Å². The number of amides is 1. The number of furan rings is 1. The number of likely N-dealkylation sites (tertiary alicyclic amines) is 1. The van der Waals surface area contributed by atoms with Crippen molar-refractivity contribution in [2.75, 3.05) is 53.6 Å². The Morgan fingerprint density at radius 1 is 1.50 bits per heavy atom. The Balaban J connectivity index is 1.66. The van der Waals surface area contributed by atoms with Gasteiger partial charge in [0.2, 0.25) is 0 Å². The summed E-state index contributed by atoms with van der Waals surface area (Å²) in [6.45, 7) is 4.51. The lowest BCUT2D eigenvalue weighted by molar-refractivity contribution is -0.147. The van der Waals surface area contributed by atoms with Crippen LogP contribution in [0.3, 0.4) is 0 Å². The van der Waals surface area contributed by atoms with Crippen molar-refractivity contribution in [1.82, 2.24) is 9.80 Å². The number of carbonyl (C=O) groups excluding carboxylic acids is 1. The maximum absolute atomic E-state index is 12.7. The van der Waals surface area contributed by atoms with Crippen molar-refractivity contribution in [3.05, 3.63) is 24.2 Å². The first-order valence-corrected chi connectivity index (χ1v) is 8.76. The molecule has 0 bridgehead atoms. The van der Waals surface area contributed by atoms with E-state index in [9.17, 15) is 4.79 Å². The molecule has 3 rings (SSSR count). The highest BCUT2D eigenvalue weighted by molar-refractivity contribution is 5.93. The molecule has 24 heavy (non-hydrogen) atoms. The summed E-state index contributed by atoms with van der Waals surface area (Å²) in [5.41, 5.74) is 0.538. The summed E-state index contributed by atoms with van der Waals surface area (Å²) in [4.78, 5) is 16.7. The molecule has 0 radical (unpaired) electrons. The van der Waals surface area contributed by atoms with Crippen molar-refractivity contribution in [3.8, 4) is 0 Å². The molecule has 0 spiro atoms. The first-order valence-electron chi connectivity index (χ1n) is 8.76. The number of rotatable bonds is 6. The van der Waals surface area contributed by atoms with Crippen LogP contribution in [0.25, 0.3) is 0 Å². The van der Waals surface area contributed by atoms with Crippen LogP contribution in [0.4, 0.5) is 0 Å². The average Bonchev–Trinajstić information content (AvgIpc) is 3.12. The normalized spacial score (nSPS) is 27.3. The smallest absolute Gasteiger partial charge is 0.257 e. The zero-order chi connectivity index (χ0) is 17.0. The van der Waals surface area contributed by atoms with Crippen LogP contribution in [0, 0.1) is 5.41 Å². The molecular weight excluding hydrogens is 308 g/mol. The zero-order valence-corrected chi connectivity index (χ0v) is 14.7. The molecule has 6 nitrogen and oxygen atoms in total. The van der Waals surface area contributed by atoms with E-state index < -0.39 is 0 Å². The minimum absolute atomic E-state index is 0.0421. The Kier molecular flexibility index (Phi) is 5.58. The predicted molar refractivity (Wildman–Crippen MR) is 90.0 cm³/mol. The quantitative estimate of drug-likeness (QED) is 0.742. The molecule has 3 heterocycles. The first kappa shape index (κ1) is 17.5. The number of ether oxygens (including phenoxy) is 2. The summed E-state index contributed by atoms with van der Waals surface area (Å²) in [5, 5.41) is 0. The molecule has 2 aliphatic rings. The van der Waals surface area contributed by atoms with E-state index in [1.807, 2.05) is 19.0 Å². The lowest BCUT2D eigenvalue weighted by Gasteiger charge is -2.50. The van der Waals surface area contributed by atoms with E-state index in [1.54, 1.807) is 12.3 Å². The van der Waals surface area contributed by atoms with Gasteiger partial charge in [-0.3, -0.25) is 4.79 Å². The lowest BCUT2D eigenvalue weighted by Crippen LogP contribution is -2.58. The minimum Gasteiger partial charge on any atom is -0.472 e. The van der Waals surface area contributed by atoms with Gasteiger partial charge >= 0.3 is 0 Å².